The van der Waals surface area contributed by atoms with Crippen LogP contribution in [0.25, 0.3) is 6.08 Å². The zero-order valence-electron chi connectivity index (χ0n) is 12.7. The Labute approximate surface area is 145 Å². The molecule has 120 valence electrons. The van der Waals surface area contributed by atoms with Crippen LogP contribution in [0.1, 0.15) is 18.4 Å². The number of amides is 1. The van der Waals surface area contributed by atoms with E-state index in [1.807, 2.05) is 42.5 Å². The number of benzene rings is 1. The van der Waals surface area contributed by atoms with Gasteiger partial charge >= 0.3 is 5.97 Å². The van der Waals surface area contributed by atoms with Crippen LogP contribution in [0, 0.1) is 0 Å². The first-order valence-corrected chi connectivity index (χ1v) is 8.38. The van der Waals surface area contributed by atoms with Crippen LogP contribution in [0.4, 0.5) is 0 Å². The Bertz CT molecular complexity index is 653. The first-order chi connectivity index (χ1) is 11.1. The number of rotatable bonds is 6. The molecule has 23 heavy (non-hydrogen) atoms. The molecule has 2 rings (SSSR count). The standard InChI is InChI=1S/C17H17NO3S2/c1-21-15(19)11-6-12-18-16(20)14(23-17(18)22)10-5-9-13-7-3-2-4-8-13/h2-5,7-10H,6,11-12H2,1H3. The second-order valence-electron chi connectivity index (χ2n) is 4.81. The molecule has 1 aromatic carbocycles. The third kappa shape index (κ3) is 5.04. The van der Waals surface area contributed by atoms with Gasteiger partial charge in [0.2, 0.25) is 0 Å². The van der Waals surface area contributed by atoms with Crippen molar-refractivity contribution >= 4 is 46.3 Å². The second kappa shape index (κ2) is 8.64. The van der Waals surface area contributed by atoms with E-state index in [0.29, 0.717) is 22.2 Å². The molecular weight excluding hydrogens is 330 g/mol. The molecule has 1 fully saturated rings. The number of esters is 1. The van der Waals surface area contributed by atoms with Crippen LogP contribution >= 0.6 is 24.0 Å². The van der Waals surface area contributed by atoms with Crippen molar-refractivity contribution in [3.8, 4) is 0 Å². The summed E-state index contributed by atoms with van der Waals surface area (Å²) in [5, 5.41) is 0. The molecule has 0 atom stereocenters. The van der Waals surface area contributed by atoms with Crippen LogP contribution in [-0.4, -0.2) is 34.8 Å². The third-order valence-corrected chi connectivity index (χ3v) is 4.60. The third-order valence-electron chi connectivity index (χ3n) is 3.20. The van der Waals surface area contributed by atoms with Crippen molar-refractivity contribution in [1.82, 2.24) is 4.90 Å². The number of carbonyl (C=O) groups excluding carboxylic acids is 2. The molecule has 6 heteroatoms. The number of nitrogens with zero attached hydrogens (tertiary/aromatic N) is 1. The Morgan fingerprint density at radius 2 is 2.09 bits per heavy atom. The van der Waals surface area contributed by atoms with Crippen molar-refractivity contribution in [3.63, 3.8) is 0 Å². The van der Waals surface area contributed by atoms with Crippen LogP contribution in [0.2, 0.25) is 0 Å². The minimum atomic E-state index is -0.281. The number of ether oxygens (including phenoxy) is 1. The summed E-state index contributed by atoms with van der Waals surface area (Å²) in [5.41, 5.74) is 1.07. The SMILES string of the molecule is COC(=O)CCCN1C(=O)C(=CC=Cc2ccccc2)SC1=S. The maximum Gasteiger partial charge on any atom is 0.305 e. The van der Waals surface area contributed by atoms with Crippen LogP contribution in [0.15, 0.2) is 47.4 Å². The summed E-state index contributed by atoms with van der Waals surface area (Å²) in [6, 6.07) is 9.85. The Morgan fingerprint density at radius 1 is 1.35 bits per heavy atom. The van der Waals surface area contributed by atoms with Gasteiger partial charge in [-0.15, -0.1) is 0 Å². The van der Waals surface area contributed by atoms with Gasteiger partial charge in [-0.25, -0.2) is 0 Å². The Hall–Kier alpha value is -1.92. The van der Waals surface area contributed by atoms with Gasteiger partial charge in [-0.2, -0.15) is 0 Å². The van der Waals surface area contributed by atoms with Crippen molar-refractivity contribution in [3.05, 3.63) is 53.0 Å². The highest BCUT2D eigenvalue weighted by atomic mass is 32.2. The summed E-state index contributed by atoms with van der Waals surface area (Å²) >= 11 is 6.52. The summed E-state index contributed by atoms with van der Waals surface area (Å²) in [6.45, 7) is 0.430. The number of thioether (sulfide) groups is 1. The summed E-state index contributed by atoms with van der Waals surface area (Å²) in [4.78, 5) is 25.5. The van der Waals surface area contributed by atoms with E-state index in [0.717, 1.165) is 5.56 Å². The zero-order chi connectivity index (χ0) is 16.7. The summed E-state index contributed by atoms with van der Waals surface area (Å²) < 4.78 is 5.11. The van der Waals surface area contributed by atoms with Gasteiger partial charge in [0, 0.05) is 13.0 Å². The van der Waals surface area contributed by atoms with E-state index in [-0.39, 0.29) is 18.3 Å². The van der Waals surface area contributed by atoms with Gasteiger partial charge in [-0.3, -0.25) is 14.5 Å². The fourth-order valence-corrected chi connectivity index (χ4v) is 3.26. The fourth-order valence-electron chi connectivity index (χ4n) is 2.00. The predicted octanol–water partition coefficient (Wildman–Crippen LogP) is 3.40. The Kier molecular flexibility index (Phi) is 6.55. The Balaban J connectivity index is 1.93. The lowest BCUT2D eigenvalue weighted by molar-refractivity contribution is -0.141. The zero-order valence-corrected chi connectivity index (χ0v) is 14.4. The number of carbonyl (C=O) groups is 2. The van der Waals surface area contributed by atoms with E-state index in [4.69, 9.17) is 12.2 Å². The molecule has 0 saturated carbocycles. The minimum absolute atomic E-state index is 0.109. The van der Waals surface area contributed by atoms with Crippen molar-refractivity contribution in [2.24, 2.45) is 0 Å². The molecule has 0 radical (unpaired) electrons. The largest absolute Gasteiger partial charge is 0.469 e. The quantitative estimate of drug-likeness (QED) is 0.448. The van der Waals surface area contributed by atoms with Gasteiger partial charge in [0.05, 0.1) is 12.0 Å². The molecule has 0 aliphatic carbocycles. The molecule has 0 aromatic heterocycles. The number of hydrogen-bond donors (Lipinski definition) is 0. The fraction of sp³-hybridized carbons (Fsp3) is 0.235. The van der Waals surface area contributed by atoms with Crippen molar-refractivity contribution in [2.75, 3.05) is 13.7 Å². The first kappa shape index (κ1) is 17.4. The monoisotopic (exact) mass is 347 g/mol. The van der Waals surface area contributed by atoms with Gasteiger partial charge < -0.3 is 4.74 Å². The topological polar surface area (TPSA) is 46.6 Å². The molecule has 1 aliphatic heterocycles. The number of thiocarbonyl (C=S) groups is 1. The smallest absolute Gasteiger partial charge is 0.305 e. The van der Waals surface area contributed by atoms with E-state index >= 15 is 0 Å². The van der Waals surface area contributed by atoms with Gasteiger partial charge in [-0.05, 0) is 18.1 Å². The van der Waals surface area contributed by atoms with Gasteiger partial charge in [0.25, 0.3) is 5.91 Å². The normalized spacial score (nSPS) is 16.6. The average Bonchev–Trinajstić information content (AvgIpc) is 2.83. The maximum atomic E-state index is 12.3. The minimum Gasteiger partial charge on any atom is -0.469 e. The number of hydrogen-bond acceptors (Lipinski definition) is 5. The Morgan fingerprint density at radius 3 is 2.78 bits per heavy atom. The van der Waals surface area contributed by atoms with Crippen LogP contribution in [-0.2, 0) is 14.3 Å². The number of methoxy groups -OCH3 is 1. The molecular formula is C17H17NO3S2. The molecule has 0 unspecified atom stereocenters. The van der Waals surface area contributed by atoms with Crippen molar-refractivity contribution < 1.29 is 14.3 Å². The highest BCUT2D eigenvalue weighted by Crippen LogP contribution is 2.31. The lowest BCUT2D eigenvalue weighted by Gasteiger charge is -2.13. The first-order valence-electron chi connectivity index (χ1n) is 7.15. The van der Waals surface area contributed by atoms with Crippen LogP contribution in [0.3, 0.4) is 0 Å². The molecule has 0 N–H and O–H groups in total. The number of allylic oxidation sites excluding steroid dienone is 2. The molecule has 1 heterocycles. The van der Waals surface area contributed by atoms with E-state index in [9.17, 15) is 9.59 Å². The van der Waals surface area contributed by atoms with Crippen LogP contribution < -0.4 is 0 Å². The highest BCUT2D eigenvalue weighted by Gasteiger charge is 2.31. The van der Waals surface area contributed by atoms with Crippen LogP contribution in [0.5, 0.6) is 0 Å². The lowest BCUT2D eigenvalue weighted by atomic mass is 10.2. The van der Waals surface area contributed by atoms with Gasteiger partial charge in [0.15, 0.2) is 0 Å². The summed E-state index contributed by atoms with van der Waals surface area (Å²) in [6.07, 6.45) is 6.36. The molecule has 4 nitrogen and oxygen atoms in total. The van der Waals surface area contributed by atoms with E-state index in [1.165, 1.54) is 23.8 Å². The molecule has 1 saturated heterocycles. The maximum absolute atomic E-state index is 12.3. The van der Waals surface area contributed by atoms with E-state index in [2.05, 4.69) is 4.74 Å². The highest BCUT2D eigenvalue weighted by molar-refractivity contribution is 8.26. The molecule has 0 spiro atoms. The summed E-state index contributed by atoms with van der Waals surface area (Å²) in [5.74, 6) is -0.389. The van der Waals surface area contributed by atoms with Crippen molar-refractivity contribution in [2.45, 2.75) is 12.8 Å². The van der Waals surface area contributed by atoms with E-state index < -0.39 is 0 Å². The predicted molar refractivity (Wildman–Crippen MR) is 96.7 cm³/mol. The molecule has 1 aromatic rings. The summed E-state index contributed by atoms with van der Waals surface area (Å²) in [7, 11) is 1.35. The molecule has 1 amide bonds. The van der Waals surface area contributed by atoms with Gasteiger partial charge in [-0.1, -0.05) is 66.5 Å². The van der Waals surface area contributed by atoms with Gasteiger partial charge in [0.1, 0.15) is 4.32 Å². The molecule has 1 aliphatic rings. The lowest BCUT2D eigenvalue weighted by Crippen LogP contribution is -2.29. The average molecular weight is 347 g/mol. The molecule has 0 bridgehead atoms. The second-order valence-corrected chi connectivity index (χ2v) is 6.48. The van der Waals surface area contributed by atoms with Crippen molar-refractivity contribution in [1.29, 1.82) is 0 Å². The van der Waals surface area contributed by atoms with E-state index in [1.54, 1.807) is 6.08 Å².